The van der Waals surface area contributed by atoms with Crippen LogP contribution in [0.3, 0.4) is 0 Å². The lowest BCUT2D eigenvalue weighted by atomic mass is 9.76. The standard InChI is InChI=1S/C26H30N4/c1-26(15-17-27-18-16-26)14-13-21-7-4-6-20-10-11-23(28-25(20)21)24-12-9-19-5-2-3-8-22(19)29-30-24/h2-8,10-11,19,27H,9,12-18H2,1H3. The first-order valence-corrected chi connectivity index (χ1v) is 11.3. The van der Waals surface area contributed by atoms with Gasteiger partial charge in [0, 0.05) is 11.3 Å². The van der Waals surface area contributed by atoms with Crippen LogP contribution in [0.4, 0.5) is 0 Å². The second-order valence-corrected chi connectivity index (χ2v) is 9.21. The zero-order chi connectivity index (χ0) is 20.4. The van der Waals surface area contributed by atoms with Gasteiger partial charge < -0.3 is 5.32 Å². The Hall–Kier alpha value is -2.59. The lowest BCUT2D eigenvalue weighted by Crippen LogP contribution is -2.35. The Bertz CT molecular complexity index is 1050. The summed E-state index contributed by atoms with van der Waals surface area (Å²) in [6.07, 6.45) is 15.2. The minimum atomic E-state index is 0.373. The van der Waals surface area contributed by atoms with Gasteiger partial charge in [-0.15, -0.1) is 0 Å². The predicted molar refractivity (Wildman–Crippen MR) is 125 cm³/mol. The van der Waals surface area contributed by atoms with Gasteiger partial charge in [0.15, 0.2) is 0 Å². The number of nitrogens with one attached hydrogen (secondary N) is 1. The van der Waals surface area contributed by atoms with E-state index in [1.54, 1.807) is 0 Å². The Morgan fingerprint density at radius 2 is 1.97 bits per heavy atom. The summed E-state index contributed by atoms with van der Waals surface area (Å²) in [7, 11) is 0. The average Bonchev–Trinajstić information content (AvgIpc) is 3.01. The fraction of sp³-hybridized carbons (Fsp3) is 0.423. The number of fused-ring (bicyclic) bond motifs is 2. The van der Waals surface area contributed by atoms with Crippen LogP contribution < -0.4 is 5.32 Å². The molecule has 2 aromatic rings. The number of allylic oxidation sites excluding steroid dienone is 4. The lowest BCUT2D eigenvalue weighted by Gasteiger charge is -2.34. The van der Waals surface area contributed by atoms with Crippen molar-refractivity contribution in [2.45, 2.75) is 45.4 Å². The SMILES string of the molecule is CC1(CCc2cccc3ccc(C4=NN=C5C=CC=CC5CC4)nc23)CCNCC1. The Morgan fingerprint density at radius 1 is 1.07 bits per heavy atom. The van der Waals surface area contributed by atoms with E-state index >= 15 is 0 Å². The lowest BCUT2D eigenvalue weighted by molar-refractivity contribution is 0.212. The van der Waals surface area contributed by atoms with Crippen molar-refractivity contribution >= 4 is 22.3 Å². The fourth-order valence-electron chi connectivity index (χ4n) is 4.85. The molecule has 1 fully saturated rings. The maximum Gasteiger partial charge on any atom is 0.0887 e. The summed E-state index contributed by atoms with van der Waals surface area (Å²) >= 11 is 0. The first kappa shape index (κ1) is 19.4. The molecule has 1 aromatic heterocycles. The largest absolute Gasteiger partial charge is 0.317 e. The molecule has 3 aliphatic rings. The number of hydrogen-bond donors (Lipinski definition) is 1. The quantitative estimate of drug-likeness (QED) is 0.766. The number of aryl methyl sites for hydroxylation is 1. The highest BCUT2D eigenvalue weighted by Gasteiger charge is 2.26. The predicted octanol–water partition coefficient (Wildman–Crippen LogP) is 5.24. The molecule has 0 saturated carbocycles. The summed E-state index contributed by atoms with van der Waals surface area (Å²) in [4.78, 5) is 5.10. The molecule has 30 heavy (non-hydrogen) atoms. The van der Waals surface area contributed by atoms with E-state index in [9.17, 15) is 0 Å². The second-order valence-electron chi connectivity index (χ2n) is 9.21. The normalized spacial score (nSPS) is 22.9. The first-order valence-electron chi connectivity index (χ1n) is 11.3. The number of piperidine rings is 1. The highest BCUT2D eigenvalue weighted by atomic mass is 15.2. The first-order chi connectivity index (χ1) is 14.7. The average molecular weight is 399 g/mol. The topological polar surface area (TPSA) is 49.6 Å². The molecule has 4 nitrogen and oxygen atoms in total. The third-order valence-electron chi connectivity index (χ3n) is 6.99. The van der Waals surface area contributed by atoms with Gasteiger partial charge in [-0.2, -0.15) is 10.2 Å². The van der Waals surface area contributed by atoms with Crippen molar-refractivity contribution in [1.82, 2.24) is 10.3 Å². The number of aromatic nitrogens is 1. The molecule has 1 atom stereocenters. The van der Waals surface area contributed by atoms with E-state index in [1.807, 2.05) is 6.08 Å². The van der Waals surface area contributed by atoms with E-state index < -0.39 is 0 Å². The van der Waals surface area contributed by atoms with Gasteiger partial charge in [0.1, 0.15) is 0 Å². The number of benzene rings is 1. The molecule has 1 aliphatic carbocycles. The van der Waals surface area contributed by atoms with Crippen LogP contribution in [-0.4, -0.2) is 29.5 Å². The Balaban J connectivity index is 1.42. The van der Waals surface area contributed by atoms with Crippen molar-refractivity contribution in [3.8, 4) is 0 Å². The smallest absolute Gasteiger partial charge is 0.0887 e. The van der Waals surface area contributed by atoms with Crippen LogP contribution >= 0.6 is 0 Å². The highest BCUT2D eigenvalue weighted by molar-refractivity contribution is 6.05. The zero-order valence-corrected chi connectivity index (χ0v) is 17.8. The number of hydrogen-bond acceptors (Lipinski definition) is 4. The molecule has 0 bridgehead atoms. The van der Waals surface area contributed by atoms with Crippen LogP contribution in [0.25, 0.3) is 10.9 Å². The number of para-hydroxylation sites is 1. The van der Waals surface area contributed by atoms with Crippen LogP contribution in [0.5, 0.6) is 0 Å². The molecule has 5 rings (SSSR count). The molecular formula is C26H30N4. The fourth-order valence-corrected chi connectivity index (χ4v) is 4.85. The van der Waals surface area contributed by atoms with Crippen molar-refractivity contribution in [1.29, 1.82) is 0 Å². The molecular weight excluding hydrogens is 368 g/mol. The van der Waals surface area contributed by atoms with Gasteiger partial charge in [0.05, 0.1) is 22.6 Å². The number of pyridine rings is 1. The molecule has 1 saturated heterocycles. The number of rotatable bonds is 4. The number of nitrogens with zero attached hydrogens (tertiary/aromatic N) is 3. The van der Waals surface area contributed by atoms with Gasteiger partial charge in [0.25, 0.3) is 0 Å². The van der Waals surface area contributed by atoms with Crippen molar-refractivity contribution < 1.29 is 0 Å². The van der Waals surface area contributed by atoms with Gasteiger partial charge in [-0.1, -0.05) is 49.4 Å². The Labute approximate surface area is 178 Å². The van der Waals surface area contributed by atoms with Gasteiger partial charge >= 0.3 is 0 Å². The maximum absolute atomic E-state index is 5.10. The van der Waals surface area contributed by atoms with Crippen LogP contribution in [0.2, 0.25) is 0 Å². The molecule has 2 aliphatic heterocycles. The minimum Gasteiger partial charge on any atom is -0.317 e. The van der Waals surface area contributed by atoms with Crippen molar-refractivity contribution in [3.63, 3.8) is 0 Å². The van der Waals surface area contributed by atoms with Crippen LogP contribution in [0.15, 0.2) is 64.8 Å². The zero-order valence-electron chi connectivity index (χ0n) is 17.8. The van der Waals surface area contributed by atoms with Gasteiger partial charge in [-0.05, 0) is 74.7 Å². The summed E-state index contributed by atoms with van der Waals surface area (Å²) in [5.41, 5.74) is 5.95. The summed E-state index contributed by atoms with van der Waals surface area (Å²) in [6.45, 7) is 4.73. The summed E-state index contributed by atoms with van der Waals surface area (Å²) in [5.74, 6) is 0.373. The molecule has 4 heteroatoms. The Kier molecular flexibility index (Phi) is 5.34. The molecule has 0 amide bonds. The van der Waals surface area contributed by atoms with Crippen molar-refractivity contribution in [2.75, 3.05) is 13.1 Å². The summed E-state index contributed by atoms with van der Waals surface area (Å²) < 4.78 is 0. The molecule has 1 unspecified atom stereocenters. The van der Waals surface area contributed by atoms with E-state index in [0.717, 1.165) is 55.0 Å². The van der Waals surface area contributed by atoms with Crippen LogP contribution in [0.1, 0.15) is 50.3 Å². The summed E-state index contributed by atoms with van der Waals surface area (Å²) in [5, 5.41) is 13.8. The highest BCUT2D eigenvalue weighted by Crippen LogP contribution is 2.34. The van der Waals surface area contributed by atoms with Crippen molar-refractivity contribution in [2.24, 2.45) is 21.5 Å². The monoisotopic (exact) mass is 398 g/mol. The molecule has 0 spiro atoms. The van der Waals surface area contributed by atoms with E-state index in [4.69, 9.17) is 4.98 Å². The third kappa shape index (κ3) is 4.01. The molecule has 154 valence electrons. The van der Waals surface area contributed by atoms with Gasteiger partial charge in [-0.3, -0.25) is 0 Å². The minimum absolute atomic E-state index is 0.373. The van der Waals surface area contributed by atoms with Crippen molar-refractivity contribution in [3.05, 3.63) is 65.9 Å². The van der Waals surface area contributed by atoms with Crippen LogP contribution in [0, 0.1) is 11.3 Å². The molecule has 1 N–H and O–H groups in total. The van der Waals surface area contributed by atoms with Crippen LogP contribution in [-0.2, 0) is 6.42 Å². The second kappa shape index (κ2) is 8.27. The molecule has 0 radical (unpaired) electrons. The van der Waals surface area contributed by atoms with E-state index in [-0.39, 0.29) is 0 Å². The van der Waals surface area contributed by atoms with Gasteiger partial charge in [-0.25, -0.2) is 4.98 Å². The summed E-state index contributed by atoms with van der Waals surface area (Å²) in [6, 6.07) is 10.9. The Morgan fingerprint density at radius 3 is 2.87 bits per heavy atom. The maximum atomic E-state index is 5.10. The van der Waals surface area contributed by atoms with Gasteiger partial charge in [0.2, 0.25) is 0 Å². The molecule has 1 aromatic carbocycles. The van der Waals surface area contributed by atoms with E-state index in [0.29, 0.717) is 11.3 Å². The van der Waals surface area contributed by atoms with E-state index in [1.165, 1.54) is 30.2 Å². The van der Waals surface area contributed by atoms with E-state index in [2.05, 4.69) is 71.0 Å². The third-order valence-corrected chi connectivity index (χ3v) is 6.99. The molecule has 3 heterocycles.